The van der Waals surface area contributed by atoms with E-state index in [2.05, 4.69) is 50.9 Å². The summed E-state index contributed by atoms with van der Waals surface area (Å²) in [6.07, 6.45) is 2.61. The molecule has 0 amide bonds. The number of alkyl halides is 1. The summed E-state index contributed by atoms with van der Waals surface area (Å²) >= 11 is 6.64. The molecule has 0 saturated carbocycles. The van der Waals surface area contributed by atoms with Crippen LogP contribution in [0.1, 0.15) is 38.9 Å². The summed E-state index contributed by atoms with van der Waals surface area (Å²) in [5, 5.41) is -0.0193. The Hall–Kier alpha value is -1.34. The van der Waals surface area contributed by atoms with Gasteiger partial charge in [0.1, 0.15) is 0 Å². The molecule has 0 aliphatic heterocycles. The molecule has 0 fully saturated rings. The number of pyridine rings is 1. The monoisotopic (exact) mass is 273 g/mol. The summed E-state index contributed by atoms with van der Waals surface area (Å²) in [5.74, 6) is 0. The highest BCUT2D eigenvalue weighted by molar-refractivity contribution is 6.21. The molecule has 0 N–H and O–H groups in total. The second-order valence-corrected chi connectivity index (χ2v) is 5.78. The number of aryl methyl sites for hydroxylation is 4. The maximum Gasteiger partial charge on any atom is 0.0645 e. The van der Waals surface area contributed by atoms with Gasteiger partial charge in [-0.2, -0.15) is 0 Å². The van der Waals surface area contributed by atoms with Crippen LogP contribution < -0.4 is 0 Å². The van der Waals surface area contributed by atoms with Gasteiger partial charge in [0.2, 0.25) is 0 Å². The number of hydrogen-bond donors (Lipinski definition) is 0. The predicted molar refractivity (Wildman–Crippen MR) is 81.9 cm³/mol. The van der Waals surface area contributed by atoms with E-state index in [-0.39, 0.29) is 5.38 Å². The van der Waals surface area contributed by atoms with Gasteiger partial charge in [0.25, 0.3) is 0 Å². The van der Waals surface area contributed by atoms with Gasteiger partial charge in [-0.1, -0.05) is 23.8 Å². The third-order valence-electron chi connectivity index (χ3n) is 3.54. The van der Waals surface area contributed by atoms with E-state index >= 15 is 0 Å². The highest BCUT2D eigenvalue weighted by atomic mass is 35.5. The van der Waals surface area contributed by atoms with Crippen molar-refractivity contribution in [1.29, 1.82) is 0 Å². The third kappa shape index (κ3) is 3.16. The Bertz CT molecular complexity index is 567. The lowest BCUT2D eigenvalue weighted by Crippen LogP contribution is -2.04. The lowest BCUT2D eigenvalue weighted by Gasteiger charge is -2.17. The van der Waals surface area contributed by atoms with Crippen LogP contribution in [0, 0.1) is 27.7 Å². The van der Waals surface area contributed by atoms with Crippen LogP contribution in [0.3, 0.4) is 0 Å². The van der Waals surface area contributed by atoms with Crippen molar-refractivity contribution < 1.29 is 0 Å². The molecule has 0 saturated heterocycles. The van der Waals surface area contributed by atoms with Crippen molar-refractivity contribution in [2.75, 3.05) is 0 Å². The second-order valence-electron chi connectivity index (χ2n) is 5.25. The number of nitrogens with zero attached hydrogens (tertiary/aromatic N) is 1. The van der Waals surface area contributed by atoms with Crippen LogP contribution in [0.2, 0.25) is 0 Å². The minimum absolute atomic E-state index is 0.0193. The molecule has 19 heavy (non-hydrogen) atoms. The lowest BCUT2D eigenvalue weighted by atomic mass is 9.94. The van der Waals surface area contributed by atoms with Crippen molar-refractivity contribution >= 4 is 11.6 Å². The molecule has 2 heteroatoms. The Kier molecular flexibility index (Phi) is 4.26. The molecule has 1 atom stereocenters. The normalized spacial score (nSPS) is 12.5. The summed E-state index contributed by atoms with van der Waals surface area (Å²) in [7, 11) is 0. The lowest BCUT2D eigenvalue weighted by molar-refractivity contribution is 0.855. The van der Waals surface area contributed by atoms with Crippen LogP contribution in [-0.2, 0) is 6.42 Å². The molecular weight excluding hydrogens is 254 g/mol. The van der Waals surface area contributed by atoms with E-state index in [0.717, 1.165) is 12.1 Å². The highest BCUT2D eigenvalue weighted by Gasteiger charge is 2.16. The van der Waals surface area contributed by atoms with E-state index in [1.165, 1.54) is 27.8 Å². The Morgan fingerprint density at radius 2 is 1.68 bits per heavy atom. The van der Waals surface area contributed by atoms with Gasteiger partial charge in [0, 0.05) is 18.3 Å². The molecule has 100 valence electrons. The molecule has 2 aromatic rings. The highest BCUT2D eigenvalue weighted by Crippen LogP contribution is 2.31. The van der Waals surface area contributed by atoms with Crippen molar-refractivity contribution in [2.45, 2.75) is 39.5 Å². The quantitative estimate of drug-likeness (QED) is 0.730. The Labute approximate surface area is 120 Å². The predicted octanol–water partition coefficient (Wildman–Crippen LogP) is 4.84. The number of rotatable bonds is 3. The molecule has 2 rings (SSSR count). The fourth-order valence-corrected chi connectivity index (χ4v) is 3.18. The van der Waals surface area contributed by atoms with E-state index in [1.807, 2.05) is 12.3 Å². The minimum Gasteiger partial charge on any atom is -0.261 e. The molecule has 0 aliphatic rings. The van der Waals surface area contributed by atoms with Gasteiger partial charge in [-0.3, -0.25) is 4.98 Å². The number of aromatic nitrogens is 1. The molecule has 0 aliphatic carbocycles. The van der Waals surface area contributed by atoms with Crippen molar-refractivity contribution in [3.8, 4) is 0 Å². The molecule has 0 radical (unpaired) electrons. The van der Waals surface area contributed by atoms with Crippen LogP contribution in [0.25, 0.3) is 0 Å². The van der Waals surface area contributed by atoms with Gasteiger partial charge in [-0.25, -0.2) is 0 Å². The minimum atomic E-state index is -0.0193. The topological polar surface area (TPSA) is 12.9 Å². The molecule has 1 aromatic carbocycles. The maximum absolute atomic E-state index is 6.64. The van der Waals surface area contributed by atoms with E-state index < -0.39 is 0 Å². The Morgan fingerprint density at radius 3 is 2.26 bits per heavy atom. The summed E-state index contributed by atoms with van der Waals surface area (Å²) < 4.78 is 0. The van der Waals surface area contributed by atoms with Crippen LogP contribution in [0.5, 0.6) is 0 Å². The van der Waals surface area contributed by atoms with Crippen LogP contribution in [0.4, 0.5) is 0 Å². The molecule has 1 aromatic heterocycles. The summed E-state index contributed by atoms with van der Waals surface area (Å²) in [4.78, 5) is 4.44. The third-order valence-corrected chi connectivity index (χ3v) is 3.91. The van der Waals surface area contributed by atoms with Gasteiger partial charge >= 0.3 is 0 Å². The van der Waals surface area contributed by atoms with E-state index in [9.17, 15) is 0 Å². The first-order valence-corrected chi connectivity index (χ1v) is 7.05. The molecule has 1 unspecified atom stereocenters. The number of hydrogen-bond acceptors (Lipinski definition) is 1. The van der Waals surface area contributed by atoms with Crippen molar-refractivity contribution in [3.05, 3.63) is 64.0 Å². The zero-order chi connectivity index (χ0) is 14.0. The SMILES string of the molecule is Cc1cc(C)c(C(Cl)Cc2ncccc2C)c(C)c1. The summed E-state index contributed by atoms with van der Waals surface area (Å²) in [6.45, 7) is 8.47. The van der Waals surface area contributed by atoms with Gasteiger partial charge in [-0.05, 0) is 56.0 Å². The van der Waals surface area contributed by atoms with E-state index in [4.69, 9.17) is 11.6 Å². The van der Waals surface area contributed by atoms with Gasteiger partial charge in [0.05, 0.1) is 5.38 Å². The zero-order valence-electron chi connectivity index (χ0n) is 12.0. The smallest absolute Gasteiger partial charge is 0.0645 e. The summed E-state index contributed by atoms with van der Waals surface area (Å²) in [6, 6.07) is 8.44. The average molecular weight is 274 g/mol. The standard InChI is InChI=1S/C17H20ClN/c1-11-8-13(3)17(14(4)9-11)15(18)10-16-12(2)6-5-7-19-16/h5-9,15H,10H2,1-4H3. The molecular formula is C17H20ClN. The maximum atomic E-state index is 6.64. The Balaban J connectivity index is 2.31. The van der Waals surface area contributed by atoms with Crippen LogP contribution in [0.15, 0.2) is 30.5 Å². The van der Waals surface area contributed by atoms with E-state index in [0.29, 0.717) is 0 Å². The van der Waals surface area contributed by atoms with Gasteiger partial charge in [-0.15, -0.1) is 11.6 Å². The average Bonchev–Trinajstić information content (AvgIpc) is 2.30. The number of halogens is 1. The first kappa shape index (κ1) is 14.1. The van der Waals surface area contributed by atoms with Gasteiger partial charge in [0.15, 0.2) is 0 Å². The summed E-state index contributed by atoms with van der Waals surface area (Å²) in [5.41, 5.74) is 7.36. The largest absolute Gasteiger partial charge is 0.261 e. The number of benzene rings is 1. The van der Waals surface area contributed by atoms with Crippen LogP contribution >= 0.6 is 11.6 Å². The molecule has 1 heterocycles. The van der Waals surface area contributed by atoms with Crippen molar-refractivity contribution in [1.82, 2.24) is 4.98 Å². The Morgan fingerprint density at radius 1 is 1.05 bits per heavy atom. The van der Waals surface area contributed by atoms with E-state index in [1.54, 1.807) is 0 Å². The van der Waals surface area contributed by atoms with Crippen molar-refractivity contribution in [3.63, 3.8) is 0 Å². The van der Waals surface area contributed by atoms with Gasteiger partial charge < -0.3 is 0 Å². The first-order valence-electron chi connectivity index (χ1n) is 6.61. The molecule has 0 bridgehead atoms. The van der Waals surface area contributed by atoms with Crippen LogP contribution in [-0.4, -0.2) is 4.98 Å². The molecule has 0 spiro atoms. The fraction of sp³-hybridized carbons (Fsp3) is 0.353. The fourth-order valence-electron chi connectivity index (χ4n) is 2.69. The first-order chi connectivity index (χ1) is 8.99. The molecule has 1 nitrogen and oxygen atoms in total. The second kappa shape index (κ2) is 5.75. The zero-order valence-corrected chi connectivity index (χ0v) is 12.8. The van der Waals surface area contributed by atoms with Crippen molar-refractivity contribution in [2.24, 2.45) is 0 Å².